The molecule has 0 radical (unpaired) electrons. The van der Waals surface area contributed by atoms with Crippen LogP contribution in [0.2, 0.25) is 0 Å². The minimum absolute atomic E-state index is 0.197. The first-order valence-electron chi connectivity index (χ1n) is 14.7. The molecule has 6 heteroatoms. The van der Waals surface area contributed by atoms with Crippen LogP contribution >= 0.6 is 28.4 Å². The highest BCUT2D eigenvalue weighted by molar-refractivity contribution is 14.2. The van der Waals surface area contributed by atoms with Gasteiger partial charge in [-0.3, -0.25) is 10.4 Å². The lowest BCUT2D eigenvalue weighted by molar-refractivity contribution is 0.401. The van der Waals surface area contributed by atoms with E-state index in [1.54, 1.807) is 0 Å². The number of rotatable bonds is 11. The molecule has 0 saturated heterocycles. The Bertz CT molecular complexity index is 1510. The first-order chi connectivity index (χ1) is 20.0. The number of pyridine rings is 1. The summed E-state index contributed by atoms with van der Waals surface area (Å²) in [5, 5.41) is 11.1. The SMILES string of the molecule is C=C(/C=C/c1ccc(/C(=C(\c2cnc(CC)cc2C)C2CCC2)c2ccc(NPI)c(C(=N)F)c2)cc1)CC(C)(C)C. The van der Waals surface area contributed by atoms with Crippen molar-refractivity contribution in [1.29, 1.82) is 5.41 Å². The lowest BCUT2D eigenvalue weighted by atomic mass is 9.72. The lowest BCUT2D eigenvalue weighted by Gasteiger charge is -2.32. The molecule has 2 N–H and O–H groups in total. The molecule has 1 fully saturated rings. The number of anilines is 1. The summed E-state index contributed by atoms with van der Waals surface area (Å²) in [6.07, 6.45) is 11.9. The predicted octanol–water partition coefficient (Wildman–Crippen LogP) is 11.4. The fraction of sp³-hybridized carbons (Fsp3) is 0.333. The van der Waals surface area contributed by atoms with E-state index in [-0.39, 0.29) is 11.0 Å². The van der Waals surface area contributed by atoms with E-state index in [2.05, 4.69) is 117 Å². The van der Waals surface area contributed by atoms with Crippen molar-refractivity contribution in [2.24, 2.45) is 11.3 Å². The van der Waals surface area contributed by atoms with E-state index in [4.69, 9.17) is 10.4 Å². The Kier molecular flexibility index (Phi) is 10.9. The van der Waals surface area contributed by atoms with Gasteiger partial charge in [-0.05, 0) is 123 Å². The van der Waals surface area contributed by atoms with Gasteiger partial charge in [0.05, 0.1) is 5.56 Å². The van der Waals surface area contributed by atoms with Gasteiger partial charge in [0, 0.05) is 24.0 Å². The number of halogens is 2. The Morgan fingerprint density at radius 3 is 2.36 bits per heavy atom. The van der Waals surface area contributed by atoms with Crippen molar-refractivity contribution >= 4 is 57.3 Å². The Morgan fingerprint density at radius 1 is 1.12 bits per heavy atom. The van der Waals surface area contributed by atoms with E-state index in [1.807, 2.05) is 18.3 Å². The third kappa shape index (κ3) is 8.05. The van der Waals surface area contributed by atoms with E-state index >= 15 is 0 Å². The van der Waals surface area contributed by atoms with Crippen LogP contribution in [0, 0.1) is 23.7 Å². The highest BCUT2D eigenvalue weighted by Gasteiger charge is 2.29. The zero-order chi connectivity index (χ0) is 30.4. The van der Waals surface area contributed by atoms with Gasteiger partial charge < -0.3 is 5.09 Å². The third-order valence-corrected chi connectivity index (χ3v) is 8.97. The molecule has 1 unspecified atom stereocenters. The van der Waals surface area contributed by atoms with E-state index < -0.39 is 5.97 Å². The molecule has 4 rings (SSSR count). The van der Waals surface area contributed by atoms with E-state index in [1.165, 1.54) is 17.6 Å². The van der Waals surface area contributed by atoms with Crippen molar-refractivity contribution in [3.05, 3.63) is 112 Å². The minimum atomic E-state index is -0.931. The van der Waals surface area contributed by atoms with Crippen LogP contribution in [0.4, 0.5) is 10.1 Å². The molecular formula is C36H42FIN3P. The Labute approximate surface area is 266 Å². The molecule has 2 aromatic carbocycles. The van der Waals surface area contributed by atoms with Gasteiger partial charge in [-0.25, -0.2) is 0 Å². The smallest absolute Gasteiger partial charge is 0.214 e. The average Bonchev–Trinajstić information content (AvgIpc) is 2.91. The van der Waals surface area contributed by atoms with Gasteiger partial charge in [0.25, 0.3) is 0 Å². The zero-order valence-electron chi connectivity index (χ0n) is 25.4. The largest absolute Gasteiger partial charge is 0.358 e. The van der Waals surface area contributed by atoms with Crippen molar-refractivity contribution < 1.29 is 4.39 Å². The summed E-state index contributed by atoms with van der Waals surface area (Å²) in [4.78, 5) is 4.80. The number of hydrogen-bond acceptors (Lipinski definition) is 3. The number of nitrogens with one attached hydrogen (secondary N) is 2. The van der Waals surface area contributed by atoms with Crippen LogP contribution in [0.3, 0.4) is 0 Å². The first kappa shape index (κ1) is 32.3. The molecule has 1 atom stereocenters. The van der Waals surface area contributed by atoms with Gasteiger partial charge in [0.1, 0.15) is 0 Å². The predicted molar refractivity (Wildman–Crippen MR) is 191 cm³/mol. The van der Waals surface area contributed by atoms with Crippen LogP contribution < -0.4 is 5.09 Å². The average molecular weight is 694 g/mol. The summed E-state index contributed by atoms with van der Waals surface area (Å²) in [6, 6.07) is 16.6. The molecule has 0 bridgehead atoms. The number of allylic oxidation sites excluding steroid dienone is 3. The molecule has 3 aromatic rings. The van der Waals surface area contributed by atoms with E-state index in [0.717, 1.165) is 64.8 Å². The van der Waals surface area contributed by atoms with Crippen LogP contribution in [0.1, 0.15) is 92.5 Å². The molecule has 220 valence electrons. The van der Waals surface area contributed by atoms with Gasteiger partial charge in [0.2, 0.25) is 5.97 Å². The van der Waals surface area contributed by atoms with Crippen LogP contribution in [0.15, 0.2) is 73.0 Å². The summed E-state index contributed by atoms with van der Waals surface area (Å²) in [6.45, 7) is 15.2. The Balaban J connectivity index is 1.90. The van der Waals surface area contributed by atoms with Crippen molar-refractivity contribution in [3.8, 4) is 0 Å². The summed E-state index contributed by atoms with van der Waals surface area (Å²) in [5.41, 5.74) is 11.1. The highest BCUT2D eigenvalue weighted by atomic mass is 127. The molecule has 0 aliphatic heterocycles. The monoisotopic (exact) mass is 693 g/mol. The van der Waals surface area contributed by atoms with Crippen molar-refractivity contribution in [2.75, 3.05) is 5.09 Å². The maximum atomic E-state index is 14.6. The first-order valence-corrected chi connectivity index (χ1v) is 18.8. The molecule has 1 heterocycles. The number of benzene rings is 2. The van der Waals surface area contributed by atoms with Gasteiger partial charge in [-0.1, -0.05) is 88.8 Å². The van der Waals surface area contributed by atoms with E-state index in [0.29, 0.717) is 18.0 Å². The van der Waals surface area contributed by atoms with Gasteiger partial charge in [0.15, 0.2) is 0 Å². The van der Waals surface area contributed by atoms with Crippen LogP contribution in [-0.2, 0) is 6.42 Å². The van der Waals surface area contributed by atoms with Crippen LogP contribution in [-0.4, -0.2) is 10.9 Å². The van der Waals surface area contributed by atoms with Crippen molar-refractivity contribution in [1.82, 2.24) is 4.98 Å². The normalized spacial score (nSPS) is 14.7. The fourth-order valence-corrected chi connectivity index (χ4v) is 6.77. The number of nitrogens with zero attached hydrogens (tertiary/aromatic N) is 1. The van der Waals surface area contributed by atoms with Gasteiger partial charge in [-0.15, -0.1) is 0 Å². The number of aryl methyl sites for hydroxylation is 2. The molecule has 0 amide bonds. The van der Waals surface area contributed by atoms with Gasteiger partial charge >= 0.3 is 0 Å². The fourth-order valence-electron chi connectivity index (χ4n) is 5.58. The Hall–Kier alpha value is -2.63. The summed E-state index contributed by atoms with van der Waals surface area (Å²) in [7, 11) is 0. The maximum Gasteiger partial charge on any atom is 0.214 e. The van der Waals surface area contributed by atoms with E-state index in [9.17, 15) is 4.39 Å². The lowest BCUT2D eigenvalue weighted by Crippen LogP contribution is -2.16. The molecule has 3 nitrogen and oxygen atoms in total. The molecule has 1 saturated carbocycles. The molecule has 1 aliphatic carbocycles. The standard InChI is InChI=1S/C36H42FIN3P/c1-7-29-19-24(3)31(22-40-29)34(26-9-8-10-26)33(28-17-18-32(41-42-38)30(20-28)35(37)39)27-15-13-25(14-16-27)12-11-23(2)21-36(4,5)6/h11-20,22,26,39,41-42H,2,7-10,21H2,1,3-6H3/b12-11+,34-33+,39-35?. The second-order valence-electron chi connectivity index (χ2n) is 12.4. The maximum absolute atomic E-state index is 14.6. The second-order valence-corrected chi connectivity index (χ2v) is 14.5. The molecule has 1 aliphatic rings. The van der Waals surface area contributed by atoms with Crippen molar-refractivity contribution in [2.45, 2.75) is 66.7 Å². The summed E-state index contributed by atoms with van der Waals surface area (Å²) < 4.78 is 14.6. The second kappa shape index (κ2) is 14.2. The van der Waals surface area contributed by atoms with Crippen molar-refractivity contribution in [3.63, 3.8) is 0 Å². The third-order valence-electron chi connectivity index (χ3n) is 7.80. The molecular weight excluding hydrogens is 651 g/mol. The highest BCUT2D eigenvalue weighted by Crippen LogP contribution is 2.46. The van der Waals surface area contributed by atoms with Crippen LogP contribution in [0.5, 0.6) is 0 Å². The molecule has 42 heavy (non-hydrogen) atoms. The summed E-state index contributed by atoms with van der Waals surface area (Å²) >= 11 is 2.23. The zero-order valence-corrected chi connectivity index (χ0v) is 28.5. The number of aromatic nitrogens is 1. The topological polar surface area (TPSA) is 48.8 Å². The molecule has 1 aromatic heterocycles. The quantitative estimate of drug-likeness (QED) is 0.0909. The minimum Gasteiger partial charge on any atom is -0.358 e. The Morgan fingerprint density at radius 2 is 1.81 bits per heavy atom. The number of hydrogen-bond donors (Lipinski definition) is 2. The summed E-state index contributed by atoms with van der Waals surface area (Å²) in [5.74, 6) is -0.533. The molecule has 0 spiro atoms. The van der Waals surface area contributed by atoms with Crippen LogP contribution in [0.25, 0.3) is 17.2 Å². The van der Waals surface area contributed by atoms with Gasteiger partial charge in [-0.2, -0.15) is 4.39 Å².